The van der Waals surface area contributed by atoms with E-state index in [0.29, 0.717) is 0 Å². The van der Waals surface area contributed by atoms with Crippen molar-refractivity contribution < 1.29 is 22.5 Å². The molecular formula is C14H17NO4S. The van der Waals surface area contributed by atoms with Gasteiger partial charge < -0.3 is 4.55 Å². The van der Waals surface area contributed by atoms with Gasteiger partial charge in [0.25, 0.3) is 0 Å². The van der Waals surface area contributed by atoms with Crippen LogP contribution < -0.4 is 9.57 Å². The predicted molar refractivity (Wildman–Crippen MR) is 73.0 cm³/mol. The summed E-state index contributed by atoms with van der Waals surface area (Å²) in [5.41, 5.74) is 2.03. The molecule has 0 spiro atoms. The quantitative estimate of drug-likeness (QED) is 0.617. The molecule has 6 heteroatoms. The molecule has 1 heterocycles. The first-order chi connectivity index (χ1) is 9.34. The summed E-state index contributed by atoms with van der Waals surface area (Å²) in [6.45, 7) is 3.81. The van der Waals surface area contributed by atoms with Gasteiger partial charge in [-0.25, -0.2) is 8.42 Å². The summed E-state index contributed by atoms with van der Waals surface area (Å²) < 4.78 is 32.9. The molecule has 0 atom stereocenters. The Hall–Kier alpha value is -1.92. The number of hydrogen-bond acceptors (Lipinski definition) is 4. The molecule has 5 nitrogen and oxygen atoms in total. The number of aryl methyl sites for hydroxylation is 2. The van der Waals surface area contributed by atoms with E-state index in [1.807, 2.05) is 38.2 Å². The first-order valence-electron chi connectivity index (χ1n) is 5.89. The van der Waals surface area contributed by atoms with E-state index < -0.39 is 10.1 Å². The van der Waals surface area contributed by atoms with Gasteiger partial charge in [-0.1, -0.05) is 17.7 Å². The van der Waals surface area contributed by atoms with Gasteiger partial charge in [0.1, 0.15) is 17.2 Å². The summed E-state index contributed by atoms with van der Waals surface area (Å²) >= 11 is 0. The Morgan fingerprint density at radius 3 is 2.05 bits per heavy atom. The normalized spacial score (nSPS) is 10.4. The fraction of sp³-hybridized carbons (Fsp3) is 0.214. The lowest BCUT2D eigenvalue weighted by Gasteiger charge is -2.05. The monoisotopic (exact) mass is 295 g/mol. The fourth-order valence-electron chi connectivity index (χ4n) is 1.42. The van der Waals surface area contributed by atoms with E-state index in [-0.39, 0.29) is 4.90 Å². The Morgan fingerprint density at radius 2 is 1.65 bits per heavy atom. The molecule has 0 bridgehead atoms. The molecule has 0 radical (unpaired) electrons. The highest BCUT2D eigenvalue weighted by atomic mass is 32.2. The van der Waals surface area contributed by atoms with Crippen molar-refractivity contribution in [2.24, 2.45) is 0 Å². The number of rotatable bonds is 2. The van der Waals surface area contributed by atoms with Gasteiger partial charge in [-0.05, 0) is 25.1 Å². The Kier molecular flexibility index (Phi) is 5.66. The van der Waals surface area contributed by atoms with E-state index in [2.05, 4.69) is 0 Å². The van der Waals surface area contributed by atoms with Gasteiger partial charge in [-0.2, -0.15) is 0 Å². The molecule has 1 aromatic carbocycles. The largest absolute Gasteiger partial charge is 0.744 e. The van der Waals surface area contributed by atoms with Gasteiger partial charge in [0, 0.05) is 23.8 Å². The lowest BCUT2D eigenvalue weighted by atomic mass is 10.2. The minimum absolute atomic E-state index is 0.178. The van der Waals surface area contributed by atoms with Crippen molar-refractivity contribution >= 4 is 10.1 Å². The predicted octanol–water partition coefficient (Wildman–Crippen LogP) is 1.24. The maximum Gasteiger partial charge on any atom is 0.231 e. The summed E-state index contributed by atoms with van der Waals surface area (Å²) in [4.78, 5) is 4.78. The van der Waals surface area contributed by atoms with Gasteiger partial charge in [-0.15, -0.1) is 0 Å². The fourth-order valence-corrected chi connectivity index (χ4v) is 1.89. The van der Waals surface area contributed by atoms with E-state index in [9.17, 15) is 13.0 Å². The Morgan fingerprint density at radius 1 is 1.05 bits per heavy atom. The molecule has 0 aliphatic heterocycles. The summed E-state index contributed by atoms with van der Waals surface area (Å²) in [6.07, 6.45) is 1.87. The highest BCUT2D eigenvalue weighted by Crippen LogP contribution is 2.08. The average Bonchev–Trinajstić information content (AvgIpc) is 2.39. The number of hydrogen-bond donors (Lipinski definition) is 0. The summed E-state index contributed by atoms with van der Waals surface area (Å²) in [5.74, 6) is 0. The molecule has 0 saturated heterocycles. The van der Waals surface area contributed by atoms with Crippen LogP contribution in [0.4, 0.5) is 0 Å². The Labute approximate surface area is 119 Å². The number of nitrogens with zero attached hydrogens (tertiary/aromatic N) is 1. The molecule has 1 aromatic heterocycles. The van der Waals surface area contributed by atoms with Crippen molar-refractivity contribution in [1.82, 2.24) is 0 Å². The van der Waals surface area contributed by atoms with Gasteiger partial charge in [0.05, 0.1) is 4.90 Å². The minimum Gasteiger partial charge on any atom is -0.744 e. The first kappa shape index (κ1) is 16.1. The van der Waals surface area contributed by atoms with Crippen molar-refractivity contribution in [1.29, 1.82) is 0 Å². The first-order valence-corrected chi connectivity index (χ1v) is 7.30. The Balaban J connectivity index is 0.000000204. The van der Waals surface area contributed by atoms with E-state index in [1.54, 1.807) is 24.0 Å². The van der Waals surface area contributed by atoms with E-state index in [4.69, 9.17) is 4.84 Å². The smallest absolute Gasteiger partial charge is 0.231 e. The molecule has 0 aliphatic carbocycles. The van der Waals surface area contributed by atoms with E-state index in [0.717, 1.165) is 11.3 Å². The van der Waals surface area contributed by atoms with E-state index in [1.165, 1.54) is 12.1 Å². The second-order valence-electron chi connectivity index (χ2n) is 4.12. The van der Waals surface area contributed by atoms with Gasteiger partial charge in [0.2, 0.25) is 11.9 Å². The van der Waals surface area contributed by atoms with Crippen LogP contribution in [0.15, 0.2) is 53.6 Å². The summed E-state index contributed by atoms with van der Waals surface area (Å²) in [7, 11) is -2.62. The average molecular weight is 295 g/mol. The lowest BCUT2D eigenvalue weighted by molar-refractivity contribution is -0.889. The van der Waals surface area contributed by atoms with Crippen molar-refractivity contribution in [2.45, 2.75) is 18.7 Å². The van der Waals surface area contributed by atoms with Crippen molar-refractivity contribution in [2.75, 3.05) is 7.11 Å². The molecule has 0 N–H and O–H groups in total. The molecule has 0 fully saturated rings. The highest BCUT2D eigenvalue weighted by molar-refractivity contribution is 7.85. The van der Waals surface area contributed by atoms with Crippen LogP contribution in [0.1, 0.15) is 11.3 Å². The Bertz CT molecular complexity index is 651. The molecular weight excluding hydrogens is 278 g/mol. The molecule has 2 rings (SSSR count). The third-order valence-corrected chi connectivity index (χ3v) is 3.37. The summed E-state index contributed by atoms with van der Waals surface area (Å²) in [6, 6.07) is 11.7. The molecule has 108 valence electrons. The van der Waals surface area contributed by atoms with Crippen molar-refractivity contribution in [3.63, 3.8) is 0 Å². The third-order valence-electron chi connectivity index (χ3n) is 2.52. The van der Waals surface area contributed by atoms with Crippen LogP contribution >= 0.6 is 0 Å². The van der Waals surface area contributed by atoms with Crippen LogP contribution in [-0.2, 0) is 10.1 Å². The molecule has 0 unspecified atom stereocenters. The number of aromatic nitrogens is 1. The third kappa shape index (κ3) is 4.99. The standard InChI is InChI=1S/C7H10NO.C7H8O3S/c1-7-5-3-4-6-8(7)9-2;1-6-2-4-7(5-3-6)11(8,9)10/h3-6H,1-2H3;2-5H,1H3,(H,8,9,10)/q+1;/p-1. The van der Waals surface area contributed by atoms with E-state index >= 15 is 0 Å². The highest BCUT2D eigenvalue weighted by Gasteiger charge is 2.00. The second kappa shape index (κ2) is 7.02. The van der Waals surface area contributed by atoms with Crippen LogP contribution in [0.5, 0.6) is 0 Å². The molecule has 0 amide bonds. The summed E-state index contributed by atoms with van der Waals surface area (Å²) in [5, 5.41) is 0. The molecule has 0 saturated carbocycles. The van der Waals surface area contributed by atoms with Gasteiger partial charge in [-0.3, -0.25) is 4.84 Å². The lowest BCUT2D eigenvalue weighted by Crippen LogP contribution is -2.42. The zero-order chi connectivity index (χ0) is 15.2. The van der Waals surface area contributed by atoms with Crippen LogP contribution in [0, 0.1) is 13.8 Å². The van der Waals surface area contributed by atoms with Crippen LogP contribution in [-0.4, -0.2) is 20.1 Å². The topological polar surface area (TPSA) is 70.3 Å². The molecule has 0 aliphatic rings. The zero-order valence-electron chi connectivity index (χ0n) is 11.6. The number of pyridine rings is 1. The number of benzene rings is 1. The van der Waals surface area contributed by atoms with Crippen LogP contribution in [0.3, 0.4) is 0 Å². The van der Waals surface area contributed by atoms with Crippen molar-refractivity contribution in [3.8, 4) is 0 Å². The maximum absolute atomic E-state index is 10.4. The maximum atomic E-state index is 10.4. The van der Waals surface area contributed by atoms with Gasteiger partial charge >= 0.3 is 0 Å². The van der Waals surface area contributed by atoms with Crippen molar-refractivity contribution in [3.05, 3.63) is 59.9 Å². The zero-order valence-corrected chi connectivity index (χ0v) is 12.4. The second-order valence-corrected chi connectivity index (χ2v) is 5.50. The van der Waals surface area contributed by atoms with Crippen LogP contribution in [0.2, 0.25) is 0 Å². The van der Waals surface area contributed by atoms with Gasteiger partial charge in [0.15, 0.2) is 0 Å². The molecule has 2 aromatic rings. The molecule has 20 heavy (non-hydrogen) atoms. The van der Waals surface area contributed by atoms with Crippen LogP contribution in [0.25, 0.3) is 0 Å². The minimum atomic E-state index is -4.27. The SMILES string of the molecule is CO[n+]1ccccc1C.Cc1ccc(S(=O)(=O)[O-])cc1.